The molecule has 0 amide bonds. The van der Waals surface area contributed by atoms with Crippen molar-refractivity contribution in [3.8, 4) is 0 Å². The maximum absolute atomic E-state index is 11.7. The number of carbonyl (C=O) groups excluding carboxylic acids is 1. The largest absolute Gasteiger partial charge is 0.469 e. The molecule has 0 spiro atoms. The fraction of sp³-hybridized carbons (Fsp3) is 0.857. The average Bonchev–Trinajstić information content (AvgIpc) is 2.80. The highest BCUT2D eigenvalue weighted by atomic mass is 127. The number of halogens is 1. The highest BCUT2D eigenvalue weighted by molar-refractivity contribution is 14.0. The van der Waals surface area contributed by atoms with Crippen LogP contribution in [0.25, 0.3) is 0 Å². The van der Waals surface area contributed by atoms with Crippen LogP contribution < -0.4 is 5.32 Å². The Morgan fingerprint density at radius 3 is 2.57 bits per heavy atom. The number of hydrogen-bond acceptors (Lipinski definition) is 4. The van der Waals surface area contributed by atoms with Gasteiger partial charge in [0.1, 0.15) is 0 Å². The predicted molar refractivity (Wildman–Crippen MR) is 101 cm³/mol. The van der Waals surface area contributed by atoms with E-state index in [0.717, 1.165) is 19.0 Å². The van der Waals surface area contributed by atoms with Gasteiger partial charge in [-0.15, -0.1) is 24.0 Å². The van der Waals surface area contributed by atoms with Crippen molar-refractivity contribution in [1.29, 1.82) is 0 Å². The molecule has 2 atom stereocenters. The number of nitrogens with zero attached hydrogens (tertiary/aromatic N) is 2. The monoisotopic (exact) mass is 429 g/mol. The number of esters is 1. The molecule has 124 valence electrons. The molecule has 7 heteroatoms. The lowest BCUT2D eigenvalue weighted by Gasteiger charge is -2.27. The predicted octanol–water partition coefficient (Wildman–Crippen LogP) is 2.06. The van der Waals surface area contributed by atoms with Crippen molar-refractivity contribution in [2.45, 2.75) is 25.5 Å². The Bertz CT molecular complexity index is 377. The summed E-state index contributed by atoms with van der Waals surface area (Å²) in [5.41, 5.74) is 0. The number of rotatable bonds is 4. The van der Waals surface area contributed by atoms with Gasteiger partial charge in [-0.3, -0.25) is 9.79 Å². The molecule has 1 heterocycles. The van der Waals surface area contributed by atoms with Crippen molar-refractivity contribution in [3.63, 3.8) is 0 Å². The van der Waals surface area contributed by atoms with E-state index in [1.54, 1.807) is 7.05 Å². The number of carbonyl (C=O) groups is 1. The second-order valence-corrected chi connectivity index (χ2v) is 7.39. The van der Waals surface area contributed by atoms with E-state index in [0.29, 0.717) is 6.54 Å². The van der Waals surface area contributed by atoms with Crippen molar-refractivity contribution in [2.24, 2.45) is 16.8 Å². The van der Waals surface area contributed by atoms with E-state index in [4.69, 9.17) is 4.74 Å². The summed E-state index contributed by atoms with van der Waals surface area (Å²) in [7, 11) is 3.23. The zero-order chi connectivity index (χ0) is 15.3. The third-order valence-electron chi connectivity index (χ3n) is 3.85. The van der Waals surface area contributed by atoms with Crippen LogP contribution >= 0.6 is 35.7 Å². The first-order valence-corrected chi connectivity index (χ1v) is 8.15. The minimum Gasteiger partial charge on any atom is -0.469 e. The average molecular weight is 429 g/mol. The SMILES string of the molecule is CN=C(NCC(C)(C)SC)N1CC(C)C(C(=O)OC)C1.I. The molecule has 2 unspecified atom stereocenters. The molecule has 1 saturated heterocycles. The number of thioether (sulfide) groups is 1. The van der Waals surface area contributed by atoms with Crippen molar-refractivity contribution < 1.29 is 9.53 Å². The van der Waals surface area contributed by atoms with Gasteiger partial charge in [-0.25, -0.2) is 0 Å². The number of methoxy groups -OCH3 is 1. The zero-order valence-corrected chi connectivity index (χ0v) is 17.0. The summed E-state index contributed by atoms with van der Waals surface area (Å²) in [6, 6.07) is 0. The van der Waals surface area contributed by atoms with Crippen LogP contribution in [0, 0.1) is 11.8 Å². The van der Waals surface area contributed by atoms with E-state index in [-0.39, 0.29) is 46.5 Å². The van der Waals surface area contributed by atoms with Gasteiger partial charge in [-0.05, 0) is 26.0 Å². The van der Waals surface area contributed by atoms with Gasteiger partial charge in [-0.1, -0.05) is 6.92 Å². The van der Waals surface area contributed by atoms with Crippen LogP contribution in [0.4, 0.5) is 0 Å². The normalized spacial score (nSPS) is 22.8. The summed E-state index contributed by atoms with van der Waals surface area (Å²) in [6.45, 7) is 8.82. The Labute approximate surface area is 149 Å². The van der Waals surface area contributed by atoms with Crippen LogP contribution in [0.3, 0.4) is 0 Å². The second-order valence-electron chi connectivity index (χ2n) is 5.88. The Morgan fingerprint density at radius 2 is 2.10 bits per heavy atom. The molecular weight excluding hydrogens is 401 g/mol. The molecule has 1 aliphatic rings. The Balaban J connectivity index is 0.00000400. The zero-order valence-electron chi connectivity index (χ0n) is 13.8. The Morgan fingerprint density at radius 1 is 1.48 bits per heavy atom. The standard InChI is InChI=1S/C14H27N3O2S.HI/c1-10-7-17(8-11(10)12(18)19-5)13(15-4)16-9-14(2,3)20-6;/h10-11H,7-9H2,1-6H3,(H,15,16);1H. The van der Waals surface area contributed by atoms with Gasteiger partial charge in [0.15, 0.2) is 5.96 Å². The number of hydrogen-bond donors (Lipinski definition) is 1. The molecule has 0 aromatic rings. The lowest BCUT2D eigenvalue weighted by Crippen LogP contribution is -2.45. The highest BCUT2D eigenvalue weighted by Gasteiger charge is 2.37. The maximum Gasteiger partial charge on any atom is 0.310 e. The minimum atomic E-state index is -0.125. The molecule has 1 N–H and O–H groups in total. The number of likely N-dealkylation sites (tertiary alicyclic amines) is 1. The van der Waals surface area contributed by atoms with Crippen LogP contribution in [-0.2, 0) is 9.53 Å². The van der Waals surface area contributed by atoms with Crippen LogP contribution in [0.15, 0.2) is 4.99 Å². The molecular formula is C14H28IN3O2S. The molecule has 0 radical (unpaired) electrons. The summed E-state index contributed by atoms with van der Waals surface area (Å²) in [6.07, 6.45) is 2.11. The van der Waals surface area contributed by atoms with E-state index in [2.05, 4.69) is 42.2 Å². The van der Waals surface area contributed by atoms with Crippen molar-refractivity contribution in [2.75, 3.05) is 40.0 Å². The van der Waals surface area contributed by atoms with Crippen molar-refractivity contribution in [3.05, 3.63) is 0 Å². The quantitative estimate of drug-likeness (QED) is 0.321. The van der Waals surface area contributed by atoms with Gasteiger partial charge in [0.05, 0.1) is 13.0 Å². The van der Waals surface area contributed by atoms with E-state index < -0.39 is 0 Å². The van der Waals surface area contributed by atoms with Crippen molar-refractivity contribution >= 4 is 47.7 Å². The van der Waals surface area contributed by atoms with Gasteiger partial charge in [-0.2, -0.15) is 11.8 Å². The lowest BCUT2D eigenvalue weighted by molar-refractivity contribution is -0.145. The number of nitrogens with one attached hydrogen (secondary N) is 1. The Hall–Kier alpha value is -0.180. The number of ether oxygens (including phenoxy) is 1. The lowest BCUT2D eigenvalue weighted by atomic mass is 9.99. The number of aliphatic imine (C=N–C) groups is 1. The summed E-state index contributed by atoms with van der Waals surface area (Å²) in [5, 5.41) is 3.40. The maximum atomic E-state index is 11.7. The van der Waals surface area contributed by atoms with E-state index >= 15 is 0 Å². The van der Waals surface area contributed by atoms with E-state index in [1.165, 1.54) is 7.11 Å². The van der Waals surface area contributed by atoms with E-state index in [1.807, 2.05) is 11.8 Å². The molecule has 0 bridgehead atoms. The van der Waals surface area contributed by atoms with E-state index in [9.17, 15) is 4.79 Å². The van der Waals surface area contributed by atoms with Gasteiger partial charge in [0.25, 0.3) is 0 Å². The smallest absolute Gasteiger partial charge is 0.310 e. The summed E-state index contributed by atoms with van der Waals surface area (Å²) < 4.78 is 5.02. The first-order valence-electron chi connectivity index (χ1n) is 6.93. The van der Waals surface area contributed by atoms with Crippen LogP contribution in [0.1, 0.15) is 20.8 Å². The Kier molecular flexibility index (Phi) is 8.99. The van der Waals surface area contributed by atoms with Crippen molar-refractivity contribution in [1.82, 2.24) is 10.2 Å². The molecule has 0 aliphatic carbocycles. The topological polar surface area (TPSA) is 53.9 Å². The fourth-order valence-corrected chi connectivity index (χ4v) is 2.51. The summed E-state index contributed by atoms with van der Waals surface area (Å²) in [4.78, 5) is 18.2. The van der Waals surface area contributed by atoms with Gasteiger partial charge in [0.2, 0.25) is 0 Å². The third-order valence-corrected chi connectivity index (χ3v) is 5.10. The van der Waals surface area contributed by atoms with Gasteiger partial charge >= 0.3 is 5.97 Å². The minimum absolute atomic E-state index is 0. The van der Waals surface area contributed by atoms with Gasteiger partial charge < -0.3 is 15.0 Å². The van der Waals surface area contributed by atoms with Gasteiger partial charge in [0, 0.05) is 31.4 Å². The molecule has 1 aliphatic heterocycles. The number of guanidine groups is 1. The third kappa shape index (κ3) is 5.84. The molecule has 1 rings (SSSR count). The molecule has 0 saturated carbocycles. The van der Waals surface area contributed by atoms with Crippen LogP contribution in [0.2, 0.25) is 0 Å². The molecule has 21 heavy (non-hydrogen) atoms. The molecule has 0 aromatic carbocycles. The first kappa shape index (κ1) is 20.8. The van der Waals surface area contributed by atoms with Crippen LogP contribution in [-0.4, -0.2) is 61.6 Å². The fourth-order valence-electron chi connectivity index (χ4n) is 2.29. The second kappa shape index (κ2) is 9.07. The molecule has 0 aromatic heterocycles. The molecule has 5 nitrogen and oxygen atoms in total. The molecule has 1 fully saturated rings. The first-order chi connectivity index (χ1) is 9.34. The highest BCUT2D eigenvalue weighted by Crippen LogP contribution is 2.24. The summed E-state index contributed by atoms with van der Waals surface area (Å²) in [5.74, 6) is 0.965. The summed E-state index contributed by atoms with van der Waals surface area (Å²) >= 11 is 1.82. The van der Waals surface area contributed by atoms with Crippen LogP contribution in [0.5, 0.6) is 0 Å².